The summed E-state index contributed by atoms with van der Waals surface area (Å²) in [6.07, 6.45) is 3.76. The highest BCUT2D eigenvalue weighted by Crippen LogP contribution is 2.28. The molecule has 0 radical (unpaired) electrons. The van der Waals surface area contributed by atoms with Crippen LogP contribution in [0.4, 0.5) is 5.82 Å². The van der Waals surface area contributed by atoms with Crippen LogP contribution in [0.5, 0.6) is 0 Å². The largest absolute Gasteiger partial charge is 0.384 e. The van der Waals surface area contributed by atoms with Gasteiger partial charge in [-0.2, -0.15) is 0 Å². The van der Waals surface area contributed by atoms with Gasteiger partial charge >= 0.3 is 0 Å². The van der Waals surface area contributed by atoms with E-state index in [1.54, 1.807) is 0 Å². The third-order valence-corrected chi connectivity index (χ3v) is 4.52. The van der Waals surface area contributed by atoms with Crippen LogP contribution in [0, 0.1) is 13.8 Å². The lowest BCUT2D eigenvalue weighted by Crippen LogP contribution is -2.38. The highest BCUT2D eigenvalue weighted by molar-refractivity contribution is 5.95. The first-order valence-electron chi connectivity index (χ1n) is 7.99. The lowest BCUT2D eigenvalue weighted by molar-refractivity contribution is 0.0711. The van der Waals surface area contributed by atoms with Crippen molar-refractivity contribution in [2.45, 2.75) is 32.6 Å². The molecule has 1 fully saturated rings. The normalized spacial score (nSPS) is 15.7. The van der Waals surface area contributed by atoms with Gasteiger partial charge in [-0.3, -0.25) is 9.78 Å². The summed E-state index contributed by atoms with van der Waals surface area (Å²) in [4.78, 5) is 23.2. The Hall–Kier alpha value is -2.43. The molecule has 1 aliphatic heterocycles. The quantitative estimate of drug-likeness (QED) is 0.925. The predicted molar refractivity (Wildman–Crippen MR) is 90.2 cm³/mol. The summed E-state index contributed by atoms with van der Waals surface area (Å²) in [5, 5.41) is 0. The second kappa shape index (κ2) is 6.36. The number of rotatable bonds is 2. The molecule has 3 rings (SSSR count). The van der Waals surface area contributed by atoms with E-state index in [2.05, 4.69) is 9.97 Å². The van der Waals surface area contributed by atoms with Crippen LogP contribution in [0.3, 0.4) is 0 Å². The second-order valence-corrected chi connectivity index (χ2v) is 6.17. The van der Waals surface area contributed by atoms with Crippen LogP contribution in [0.15, 0.2) is 30.5 Å². The van der Waals surface area contributed by atoms with Gasteiger partial charge in [0.2, 0.25) is 0 Å². The van der Waals surface area contributed by atoms with Gasteiger partial charge in [0.1, 0.15) is 5.82 Å². The summed E-state index contributed by atoms with van der Waals surface area (Å²) >= 11 is 0. The van der Waals surface area contributed by atoms with Gasteiger partial charge in [-0.15, -0.1) is 0 Å². The number of nitrogens with two attached hydrogens (primary N) is 1. The molecule has 0 aromatic carbocycles. The average Bonchev–Trinajstić information content (AvgIpc) is 2.55. The maximum absolute atomic E-state index is 12.7. The lowest BCUT2D eigenvalue weighted by atomic mass is 9.90. The molecule has 0 bridgehead atoms. The third kappa shape index (κ3) is 3.33. The van der Waals surface area contributed by atoms with Crippen molar-refractivity contribution >= 4 is 11.7 Å². The van der Waals surface area contributed by atoms with Crippen molar-refractivity contribution in [3.8, 4) is 0 Å². The number of hydrogen-bond donors (Lipinski definition) is 1. The Morgan fingerprint density at radius 1 is 1.17 bits per heavy atom. The van der Waals surface area contributed by atoms with Crippen molar-refractivity contribution in [2.75, 3.05) is 18.8 Å². The fourth-order valence-electron chi connectivity index (χ4n) is 3.16. The topological polar surface area (TPSA) is 72.1 Å². The number of carbonyl (C=O) groups excluding carboxylic acids is 1. The molecule has 5 heteroatoms. The van der Waals surface area contributed by atoms with Gasteiger partial charge in [-0.1, -0.05) is 6.07 Å². The van der Waals surface area contributed by atoms with Gasteiger partial charge in [0, 0.05) is 25.0 Å². The highest BCUT2D eigenvalue weighted by atomic mass is 16.2. The smallest absolute Gasteiger partial charge is 0.255 e. The monoisotopic (exact) mass is 310 g/mol. The molecule has 0 atom stereocenters. The molecule has 0 spiro atoms. The Labute approximate surface area is 136 Å². The third-order valence-electron chi connectivity index (χ3n) is 4.52. The number of hydrogen-bond acceptors (Lipinski definition) is 4. The summed E-state index contributed by atoms with van der Waals surface area (Å²) in [5.41, 5.74) is 9.30. The predicted octanol–water partition coefficient (Wildman–Crippen LogP) is 2.70. The van der Waals surface area contributed by atoms with Gasteiger partial charge in [0.25, 0.3) is 5.91 Å². The zero-order valence-electron chi connectivity index (χ0n) is 13.6. The molecule has 2 aromatic rings. The molecule has 0 unspecified atom stereocenters. The SMILES string of the molecule is Cc1ccc(C(=O)N2CCC(c3ccc(N)nc3)CC2)c(C)n1. The van der Waals surface area contributed by atoms with Crippen molar-refractivity contribution in [3.63, 3.8) is 0 Å². The van der Waals surface area contributed by atoms with Crippen LogP contribution < -0.4 is 5.73 Å². The van der Waals surface area contributed by atoms with Crippen LogP contribution in [0.25, 0.3) is 0 Å². The van der Waals surface area contributed by atoms with Crippen molar-refractivity contribution < 1.29 is 4.79 Å². The fourth-order valence-corrected chi connectivity index (χ4v) is 3.16. The average molecular weight is 310 g/mol. The molecule has 0 saturated carbocycles. The summed E-state index contributed by atoms with van der Waals surface area (Å²) < 4.78 is 0. The number of nitrogens with zero attached hydrogens (tertiary/aromatic N) is 3. The first kappa shape index (κ1) is 15.5. The number of aromatic nitrogens is 2. The molecule has 2 N–H and O–H groups in total. The maximum Gasteiger partial charge on any atom is 0.255 e. The van der Waals surface area contributed by atoms with Gasteiger partial charge in [0.05, 0.1) is 11.3 Å². The van der Waals surface area contributed by atoms with E-state index < -0.39 is 0 Å². The summed E-state index contributed by atoms with van der Waals surface area (Å²) in [6.45, 7) is 5.36. The summed E-state index contributed by atoms with van der Waals surface area (Å²) in [7, 11) is 0. The van der Waals surface area contributed by atoms with Crippen molar-refractivity contribution in [1.29, 1.82) is 0 Å². The van der Waals surface area contributed by atoms with Gasteiger partial charge in [0.15, 0.2) is 0 Å². The molecular weight excluding hydrogens is 288 g/mol. The Morgan fingerprint density at radius 2 is 1.91 bits per heavy atom. The number of amides is 1. The van der Waals surface area contributed by atoms with Gasteiger partial charge in [-0.05, 0) is 56.4 Å². The first-order chi connectivity index (χ1) is 11.0. The number of carbonyl (C=O) groups is 1. The van der Waals surface area contributed by atoms with E-state index in [4.69, 9.17) is 5.73 Å². The van der Waals surface area contributed by atoms with E-state index in [-0.39, 0.29) is 5.91 Å². The van der Waals surface area contributed by atoms with Crippen molar-refractivity contribution in [3.05, 3.63) is 53.0 Å². The first-order valence-corrected chi connectivity index (χ1v) is 7.99. The second-order valence-electron chi connectivity index (χ2n) is 6.17. The molecule has 1 amide bonds. The fraction of sp³-hybridized carbons (Fsp3) is 0.389. The molecule has 5 nitrogen and oxygen atoms in total. The number of likely N-dealkylation sites (tertiary alicyclic amines) is 1. The van der Waals surface area contributed by atoms with Gasteiger partial charge < -0.3 is 10.6 Å². The van der Waals surface area contributed by atoms with Crippen LogP contribution in [-0.4, -0.2) is 33.9 Å². The van der Waals surface area contributed by atoms with Crippen molar-refractivity contribution in [2.24, 2.45) is 0 Å². The Morgan fingerprint density at radius 3 is 2.52 bits per heavy atom. The van der Waals surface area contributed by atoms with Crippen molar-refractivity contribution in [1.82, 2.24) is 14.9 Å². The number of piperidine rings is 1. The van der Waals surface area contributed by atoms with Crippen LogP contribution >= 0.6 is 0 Å². The Balaban J connectivity index is 1.66. The van der Waals surface area contributed by atoms with E-state index >= 15 is 0 Å². The molecule has 23 heavy (non-hydrogen) atoms. The molecule has 0 aliphatic carbocycles. The highest BCUT2D eigenvalue weighted by Gasteiger charge is 2.25. The van der Waals surface area contributed by atoms with E-state index in [0.29, 0.717) is 17.3 Å². The minimum atomic E-state index is 0.0869. The molecule has 1 saturated heterocycles. The van der Waals surface area contributed by atoms with E-state index in [1.807, 2.05) is 49.2 Å². The maximum atomic E-state index is 12.7. The van der Waals surface area contributed by atoms with E-state index in [1.165, 1.54) is 5.56 Å². The summed E-state index contributed by atoms with van der Waals surface area (Å²) in [6, 6.07) is 7.66. The van der Waals surface area contributed by atoms with Crippen LogP contribution in [0.1, 0.15) is 46.1 Å². The number of anilines is 1. The van der Waals surface area contributed by atoms with Gasteiger partial charge in [-0.25, -0.2) is 4.98 Å². The standard InChI is InChI=1S/C18H22N4O/c1-12-3-5-16(13(2)21-12)18(23)22-9-7-14(8-10-22)15-4-6-17(19)20-11-15/h3-6,11,14H,7-10H2,1-2H3,(H2,19,20). The number of nitrogen functional groups attached to an aromatic ring is 1. The Bertz CT molecular complexity index is 703. The minimum Gasteiger partial charge on any atom is -0.384 e. The molecule has 2 aromatic heterocycles. The molecule has 3 heterocycles. The minimum absolute atomic E-state index is 0.0869. The van der Waals surface area contributed by atoms with E-state index in [0.717, 1.165) is 37.3 Å². The molecular formula is C18H22N4O. The number of pyridine rings is 2. The number of aryl methyl sites for hydroxylation is 2. The van der Waals surface area contributed by atoms with E-state index in [9.17, 15) is 4.79 Å². The zero-order chi connectivity index (χ0) is 16.4. The van der Waals surface area contributed by atoms with Crippen LogP contribution in [-0.2, 0) is 0 Å². The molecule has 1 aliphatic rings. The summed E-state index contributed by atoms with van der Waals surface area (Å²) in [5.74, 6) is 1.08. The zero-order valence-corrected chi connectivity index (χ0v) is 13.6. The molecule has 120 valence electrons. The Kier molecular flexibility index (Phi) is 4.28. The van der Waals surface area contributed by atoms with Crippen LogP contribution in [0.2, 0.25) is 0 Å². The lowest BCUT2D eigenvalue weighted by Gasteiger charge is -2.32.